The maximum atomic E-state index is 6.16. The molecular formula is C30H42O5. The Morgan fingerprint density at radius 2 is 1.00 bits per heavy atom. The van der Waals surface area contributed by atoms with Crippen LogP contribution in [0.4, 0.5) is 0 Å². The van der Waals surface area contributed by atoms with Crippen molar-refractivity contribution in [2.45, 2.75) is 78.8 Å². The van der Waals surface area contributed by atoms with Gasteiger partial charge in [0.05, 0.1) is 37.6 Å². The summed E-state index contributed by atoms with van der Waals surface area (Å²) < 4.78 is 29.8. The predicted molar refractivity (Wildman–Crippen MR) is 138 cm³/mol. The lowest BCUT2D eigenvalue weighted by atomic mass is 9.72. The molecule has 0 aromatic heterocycles. The molecular weight excluding hydrogens is 440 g/mol. The zero-order chi connectivity index (χ0) is 25.1. The Morgan fingerprint density at radius 1 is 0.629 bits per heavy atom. The molecule has 0 radical (unpaired) electrons. The second-order valence-electron chi connectivity index (χ2n) is 11.0. The van der Waals surface area contributed by atoms with Gasteiger partial charge in [-0.1, -0.05) is 65.8 Å². The van der Waals surface area contributed by atoms with E-state index in [-0.39, 0.29) is 35.2 Å². The molecule has 5 heteroatoms. The summed E-state index contributed by atoms with van der Waals surface area (Å²) in [5.74, 6) is 1.63. The van der Waals surface area contributed by atoms with Gasteiger partial charge in [0.1, 0.15) is 11.5 Å². The third-order valence-electron chi connectivity index (χ3n) is 7.45. The highest BCUT2D eigenvalue weighted by Gasteiger charge is 2.51. The topological polar surface area (TPSA) is 46.2 Å². The lowest BCUT2D eigenvalue weighted by Crippen LogP contribution is -2.52. The van der Waals surface area contributed by atoms with Crippen LogP contribution in [0, 0.1) is 10.8 Å². The first-order valence-corrected chi connectivity index (χ1v) is 13.1. The summed E-state index contributed by atoms with van der Waals surface area (Å²) in [6.07, 6.45) is 2.49. The third kappa shape index (κ3) is 5.59. The van der Waals surface area contributed by atoms with E-state index < -0.39 is 0 Å². The fourth-order valence-electron chi connectivity index (χ4n) is 4.97. The predicted octanol–water partition coefficient (Wildman–Crippen LogP) is 7.26. The average Bonchev–Trinajstić information content (AvgIpc) is 2.84. The van der Waals surface area contributed by atoms with E-state index in [1.807, 2.05) is 24.3 Å². The first-order chi connectivity index (χ1) is 16.8. The highest BCUT2D eigenvalue weighted by atomic mass is 16.6. The van der Waals surface area contributed by atoms with Gasteiger partial charge in [-0.05, 0) is 48.2 Å². The smallest absolute Gasteiger partial charge is 0.127 e. The van der Waals surface area contributed by atoms with E-state index in [2.05, 4.69) is 65.8 Å². The number of ether oxygens (including phenoxy) is 5. The fraction of sp³-hybridized carbons (Fsp3) is 0.600. The Hall–Kier alpha value is -1.92. The minimum absolute atomic E-state index is 0.0461. The molecule has 2 aromatic carbocycles. The number of rotatable bonds is 12. The van der Waals surface area contributed by atoms with Gasteiger partial charge in [0.25, 0.3) is 0 Å². The number of hydrogen-bond acceptors (Lipinski definition) is 5. The van der Waals surface area contributed by atoms with Crippen molar-refractivity contribution in [2.24, 2.45) is 10.8 Å². The van der Waals surface area contributed by atoms with Crippen LogP contribution in [-0.2, 0) is 18.9 Å². The Bertz CT molecular complexity index is 857. The van der Waals surface area contributed by atoms with Crippen LogP contribution in [0.2, 0.25) is 0 Å². The third-order valence-corrected chi connectivity index (χ3v) is 7.45. The molecule has 0 spiro atoms. The quantitative estimate of drug-likeness (QED) is 0.298. The van der Waals surface area contributed by atoms with Gasteiger partial charge in [-0.2, -0.15) is 0 Å². The van der Waals surface area contributed by atoms with Gasteiger partial charge < -0.3 is 23.7 Å². The summed E-state index contributed by atoms with van der Waals surface area (Å²) >= 11 is 0. The summed E-state index contributed by atoms with van der Waals surface area (Å²) in [5, 5.41) is 0. The average molecular weight is 483 g/mol. The molecule has 2 aliphatic heterocycles. The molecule has 2 fully saturated rings. The van der Waals surface area contributed by atoms with Crippen molar-refractivity contribution in [2.75, 3.05) is 26.4 Å². The second-order valence-corrected chi connectivity index (χ2v) is 11.0. The molecule has 192 valence electrons. The van der Waals surface area contributed by atoms with Crippen molar-refractivity contribution < 1.29 is 23.7 Å². The normalized spacial score (nSPS) is 26.6. The van der Waals surface area contributed by atoms with E-state index in [9.17, 15) is 0 Å². The Balaban J connectivity index is 1.30. The Morgan fingerprint density at radius 3 is 1.31 bits per heavy atom. The Kier molecular flexibility index (Phi) is 8.22. The molecule has 5 nitrogen and oxygen atoms in total. The van der Waals surface area contributed by atoms with E-state index in [1.54, 1.807) is 0 Å². The monoisotopic (exact) mass is 482 g/mol. The first kappa shape index (κ1) is 26.2. The van der Waals surface area contributed by atoms with Gasteiger partial charge in [-0.25, -0.2) is 0 Å². The zero-order valence-electron chi connectivity index (χ0n) is 22.2. The van der Waals surface area contributed by atoms with Crippen LogP contribution < -0.4 is 4.74 Å². The van der Waals surface area contributed by atoms with Crippen LogP contribution in [0.3, 0.4) is 0 Å². The minimum Gasteiger partial charge on any atom is -0.457 e. The van der Waals surface area contributed by atoms with E-state index >= 15 is 0 Å². The maximum Gasteiger partial charge on any atom is 0.127 e. The van der Waals surface area contributed by atoms with Crippen LogP contribution in [0.25, 0.3) is 0 Å². The molecule has 0 saturated carbocycles. The van der Waals surface area contributed by atoms with Crippen molar-refractivity contribution in [1.82, 2.24) is 0 Å². The molecule has 0 N–H and O–H groups in total. The molecule has 2 aliphatic rings. The zero-order valence-corrected chi connectivity index (χ0v) is 22.2. The molecule has 2 heterocycles. The van der Waals surface area contributed by atoms with E-state index in [4.69, 9.17) is 23.7 Å². The molecule has 2 aromatic rings. The summed E-state index contributed by atoms with van der Waals surface area (Å²) in [6, 6.07) is 16.5. The van der Waals surface area contributed by atoms with Crippen molar-refractivity contribution in [1.29, 1.82) is 0 Å². The van der Waals surface area contributed by atoms with Gasteiger partial charge in [-0.3, -0.25) is 0 Å². The molecule has 4 atom stereocenters. The van der Waals surface area contributed by atoms with E-state index in [0.717, 1.165) is 37.6 Å². The molecule has 4 rings (SSSR count). The summed E-state index contributed by atoms with van der Waals surface area (Å²) in [5.41, 5.74) is 2.44. The molecule has 0 bridgehead atoms. The standard InChI is InChI=1S/C30H42O5/c1-7-17-31-19-25-29(3,4)27(34-25)21-9-13-23(14-10-21)33-24-15-11-22(12-16-24)28-30(5,6)26(35-28)20-32-18-8-2/h9-16,25-28H,7-8,17-20H2,1-6H3. The van der Waals surface area contributed by atoms with Crippen molar-refractivity contribution in [3.63, 3.8) is 0 Å². The maximum absolute atomic E-state index is 6.16. The summed E-state index contributed by atoms with van der Waals surface area (Å²) in [7, 11) is 0. The van der Waals surface area contributed by atoms with Gasteiger partial charge in [-0.15, -0.1) is 0 Å². The van der Waals surface area contributed by atoms with Gasteiger partial charge in [0.15, 0.2) is 0 Å². The lowest BCUT2D eigenvalue weighted by Gasteiger charge is -2.52. The van der Waals surface area contributed by atoms with E-state index in [1.165, 1.54) is 11.1 Å². The second kappa shape index (κ2) is 11.0. The van der Waals surface area contributed by atoms with Crippen LogP contribution in [0.1, 0.15) is 77.7 Å². The molecule has 0 amide bonds. The molecule has 0 aliphatic carbocycles. The minimum atomic E-state index is 0.0461. The van der Waals surface area contributed by atoms with Crippen molar-refractivity contribution in [3.05, 3.63) is 59.7 Å². The van der Waals surface area contributed by atoms with Gasteiger partial charge in [0, 0.05) is 24.0 Å². The summed E-state index contributed by atoms with van der Waals surface area (Å²) in [6.45, 7) is 16.1. The first-order valence-electron chi connectivity index (χ1n) is 13.1. The van der Waals surface area contributed by atoms with Crippen LogP contribution in [0.5, 0.6) is 11.5 Å². The largest absolute Gasteiger partial charge is 0.457 e. The highest BCUT2D eigenvalue weighted by Crippen LogP contribution is 2.52. The van der Waals surface area contributed by atoms with Crippen LogP contribution >= 0.6 is 0 Å². The van der Waals surface area contributed by atoms with Crippen molar-refractivity contribution in [3.8, 4) is 11.5 Å². The fourth-order valence-corrected chi connectivity index (χ4v) is 4.97. The van der Waals surface area contributed by atoms with Crippen molar-refractivity contribution >= 4 is 0 Å². The number of benzene rings is 2. The van der Waals surface area contributed by atoms with Gasteiger partial charge in [0.2, 0.25) is 0 Å². The molecule has 4 unspecified atom stereocenters. The summed E-state index contributed by atoms with van der Waals surface area (Å²) in [4.78, 5) is 0. The van der Waals surface area contributed by atoms with E-state index in [0.29, 0.717) is 13.2 Å². The molecule has 35 heavy (non-hydrogen) atoms. The molecule has 2 saturated heterocycles. The van der Waals surface area contributed by atoms with Gasteiger partial charge >= 0.3 is 0 Å². The highest BCUT2D eigenvalue weighted by molar-refractivity contribution is 5.37. The lowest BCUT2D eigenvalue weighted by molar-refractivity contribution is -0.255. The Labute approximate surface area is 211 Å². The van der Waals surface area contributed by atoms with Crippen LogP contribution in [0.15, 0.2) is 48.5 Å². The van der Waals surface area contributed by atoms with Crippen LogP contribution in [-0.4, -0.2) is 38.6 Å². The number of hydrogen-bond donors (Lipinski definition) is 0. The SMILES string of the molecule is CCCOCC1OC(c2ccc(Oc3ccc(C4OC(COCCC)C4(C)C)cc3)cc2)C1(C)C.